The van der Waals surface area contributed by atoms with Crippen molar-refractivity contribution in [3.05, 3.63) is 0 Å². The molecule has 3 nitrogen and oxygen atoms in total. The van der Waals surface area contributed by atoms with E-state index < -0.39 is 0 Å². The lowest BCUT2D eigenvalue weighted by Gasteiger charge is -2.19. The number of likely N-dealkylation sites (tertiary alicyclic amines) is 1. The fraction of sp³-hybridized carbons (Fsp3) is 1.00. The quantitative estimate of drug-likeness (QED) is 0.712. The average molecular weight is 226 g/mol. The van der Waals surface area contributed by atoms with Crippen molar-refractivity contribution in [2.24, 2.45) is 5.92 Å². The standard InChI is InChI=1S/C13H26N2O/c1-3-12(10-16-2)14-8-11-6-7-15(9-11)13-4-5-13/h11-14H,3-10H2,1-2H3. The first-order chi connectivity index (χ1) is 7.83. The Hall–Kier alpha value is -0.120. The molecule has 16 heavy (non-hydrogen) atoms. The monoisotopic (exact) mass is 226 g/mol. The predicted octanol–water partition coefficient (Wildman–Crippen LogP) is 1.49. The molecule has 0 aromatic rings. The average Bonchev–Trinajstić information content (AvgIpc) is 3.04. The number of nitrogens with one attached hydrogen (secondary N) is 1. The van der Waals surface area contributed by atoms with Crippen LogP contribution in [-0.4, -0.2) is 50.3 Å². The van der Waals surface area contributed by atoms with Crippen LogP contribution in [0, 0.1) is 5.92 Å². The Morgan fingerprint density at radius 3 is 2.81 bits per heavy atom. The smallest absolute Gasteiger partial charge is 0.0615 e. The minimum atomic E-state index is 0.542. The van der Waals surface area contributed by atoms with Gasteiger partial charge in [0.1, 0.15) is 0 Å². The predicted molar refractivity (Wildman–Crippen MR) is 66.7 cm³/mol. The van der Waals surface area contributed by atoms with E-state index in [0.29, 0.717) is 6.04 Å². The second-order valence-electron chi connectivity index (χ2n) is 5.35. The lowest BCUT2D eigenvalue weighted by atomic mass is 10.1. The van der Waals surface area contributed by atoms with Gasteiger partial charge in [-0.15, -0.1) is 0 Å². The minimum absolute atomic E-state index is 0.542. The maximum atomic E-state index is 5.21. The topological polar surface area (TPSA) is 24.5 Å². The molecule has 0 aromatic heterocycles. The Balaban J connectivity index is 1.62. The van der Waals surface area contributed by atoms with Gasteiger partial charge in [0, 0.05) is 25.7 Å². The van der Waals surface area contributed by atoms with Crippen LogP contribution >= 0.6 is 0 Å². The number of hydrogen-bond acceptors (Lipinski definition) is 3. The van der Waals surface area contributed by atoms with Crippen LogP contribution in [0.25, 0.3) is 0 Å². The molecule has 1 aliphatic heterocycles. The summed E-state index contributed by atoms with van der Waals surface area (Å²) in [4.78, 5) is 2.68. The zero-order chi connectivity index (χ0) is 11.4. The Bertz CT molecular complexity index is 206. The molecule has 0 amide bonds. The number of methoxy groups -OCH3 is 1. The van der Waals surface area contributed by atoms with Crippen LogP contribution in [0.15, 0.2) is 0 Å². The van der Waals surface area contributed by atoms with Crippen molar-refractivity contribution in [1.82, 2.24) is 10.2 Å². The van der Waals surface area contributed by atoms with Crippen molar-refractivity contribution >= 4 is 0 Å². The number of ether oxygens (including phenoxy) is 1. The van der Waals surface area contributed by atoms with Gasteiger partial charge >= 0.3 is 0 Å². The Morgan fingerprint density at radius 2 is 2.19 bits per heavy atom. The summed E-state index contributed by atoms with van der Waals surface area (Å²) in [7, 11) is 1.79. The summed E-state index contributed by atoms with van der Waals surface area (Å²) in [6.07, 6.45) is 5.43. The summed E-state index contributed by atoms with van der Waals surface area (Å²) in [5.41, 5.74) is 0. The third-order valence-corrected chi connectivity index (χ3v) is 3.94. The van der Waals surface area contributed by atoms with Crippen molar-refractivity contribution in [1.29, 1.82) is 0 Å². The fourth-order valence-corrected chi connectivity index (χ4v) is 2.66. The van der Waals surface area contributed by atoms with Gasteiger partial charge in [-0.2, -0.15) is 0 Å². The highest BCUT2D eigenvalue weighted by atomic mass is 16.5. The van der Waals surface area contributed by atoms with Gasteiger partial charge in [0.2, 0.25) is 0 Å². The molecule has 2 atom stereocenters. The molecule has 1 saturated heterocycles. The van der Waals surface area contributed by atoms with Crippen LogP contribution < -0.4 is 5.32 Å². The van der Waals surface area contributed by atoms with Crippen molar-refractivity contribution in [3.8, 4) is 0 Å². The van der Waals surface area contributed by atoms with Crippen molar-refractivity contribution in [2.45, 2.75) is 44.7 Å². The molecular weight excluding hydrogens is 200 g/mol. The summed E-state index contributed by atoms with van der Waals surface area (Å²) >= 11 is 0. The third kappa shape index (κ3) is 3.44. The van der Waals surface area contributed by atoms with Gasteiger partial charge in [0.05, 0.1) is 6.61 Å². The van der Waals surface area contributed by atoms with E-state index in [2.05, 4.69) is 17.1 Å². The van der Waals surface area contributed by atoms with Gasteiger partial charge in [0.15, 0.2) is 0 Å². The molecule has 3 heteroatoms. The first-order valence-electron chi connectivity index (χ1n) is 6.79. The van der Waals surface area contributed by atoms with E-state index in [1.54, 1.807) is 7.11 Å². The van der Waals surface area contributed by atoms with Crippen molar-refractivity contribution in [3.63, 3.8) is 0 Å². The van der Waals surface area contributed by atoms with E-state index in [-0.39, 0.29) is 0 Å². The molecule has 2 fully saturated rings. The number of hydrogen-bond donors (Lipinski definition) is 1. The van der Waals surface area contributed by atoms with Gasteiger partial charge in [-0.1, -0.05) is 6.92 Å². The summed E-state index contributed by atoms with van der Waals surface area (Å²) in [6.45, 7) is 6.89. The molecular formula is C13H26N2O. The van der Waals surface area contributed by atoms with Gasteiger partial charge in [-0.25, -0.2) is 0 Å². The highest BCUT2D eigenvalue weighted by molar-refractivity contribution is 4.90. The van der Waals surface area contributed by atoms with Gasteiger partial charge in [-0.3, -0.25) is 0 Å². The lowest BCUT2D eigenvalue weighted by molar-refractivity contribution is 0.162. The molecule has 2 unspecified atom stereocenters. The minimum Gasteiger partial charge on any atom is -0.383 e. The Kier molecular flexibility index (Phi) is 4.62. The fourth-order valence-electron chi connectivity index (χ4n) is 2.66. The SMILES string of the molecule is CCC(COC)NCC1CCN(C2CC2)C1. The van der Waals surface area contributed by atoms with Crippen LogP contribution in [0.4, 0.5) is 0 Å². The highest BCUT2D eigenvalue weighted by Gasteiger charge is 2.34. The van der Waals surface area contributed by atoms with Crippen LogP contribution in [0.2, 0.25) is 0 Å². The van der Waals surface area contributed by atoms with Crippen molar-refractivity contribution < 1.29 is 4.74 Å². The summed E-state index contributed by atoms with van der Waals surface area (Å²) in [5.74, 6) is 0.867. The first-order valence-corrected chi connectivity index (χ1v) is 6.79. The van der Waals surface area contributed by atoms with Crippen molar-refractivity contribution in [2.75, 3.05) is 33.4 Å². The van der Waals surface area contributed by atoms with Crippen LogP contribution in [0.5, 0.6) is 0 Å². The molecule has 0 spiro atoms. The molecule has 0 radical (unpaired) electrons. The molecule has 1 heterocycles. The molecule has 2 rings (SSSR count). The Labute approximate surface area is 99.5 Å². The second kappa shape index (κ2) is 5.99. The summed E-state index contributed by atoms with van der Waals surface area (Å²) in [6, 6.07) is 1.49. The molecule has 0 bridgehead atoms. The van der Waals surface area contributed by atoms with E-state index in [1.165, 1.54) is 38.9 Å². The lowest BCUT2D eigenvalue weighted by Crippen LogP contribution is -2.37. The maximum Gasteiger partial charge on any atom is 0.0615 e. The molecule has 1 saturated carbocycles. The molecule has 2 aliphatic rings. The first kappa shape index (κ1) is 12.3. The van der Waals surface area contributed by atoms with E-state index in [1.807, 2.05) is 0 Å². The van der Waals surface area contributed by atoms with E-state index in [4.69, 9.17) is 4.74 Å². The normalized spacial score (nSPS) is 28.5. The van der Waals surface area contributed by atoms with E-state index in [0.717, 1.165) is 25.0 Å². The van der Waals surface area contributed by atoms with E-state index in [9.17, 15) is 0 Å². The number of rotatable bonds is 7. The van der Waals surface area contributed by atoms with Crippen LogP contribution in [0.1, 0.15) is 32.6 Å². The zero-order valence-electron chi connectivity index (χ0n) is 10.7. The van der Waals surface area contributed by atoms with Crippen LogP contribution in [0.3, 0.4) is 0 Å². The summed E-state index contributed by atoms with van der Waals surface area (Å²) < 4.78 is 5.21. The van der Waals surface area contributed by atoms with E-state index >= 15 is 0 Å². The second-order valence-corrected chi connectivity index (χ2v) is 5.35. The largest absolute Gasteiger partial charge is 0.383 e. The summed E-state index contributed by atoms with van der Waals surface area (Å²) in [5, 5.41) is 3.64. The molecule has 94 valence electrons. The number of nitrogens with zero attached hydrogens (tertiary/aromatic N) is 1. The van der Waals surface area contributed by atoms with Gasteiger partial charge < -0.3 is 15.0 Å². The molecule has 1 N–H and O–H groups in total. The zero-order valence-corrected chi connectivity index (χ0v) is 10.7. The molecule has 0 aromatic carbocycles. The maximum absolute atomic E-state index is 5.21. The van der Waals surface area contributed by atoms with Gasteiger partial charge in [0.25, 0.3) is 0 Å². The highest BCUT2D eigenvalue weighted by Crippen LogP contribution is 2.31. The van der Waals surface area contributed by atoms with Crippen LogP contribution in [-0.2, 0) is 4.74 Å². The van der Waals surface area contributed by atoms with Gasteiger partial charge in [-0.05, 0) is 44.7 Å². The Morgan fingerprint density at radius 1 is 1.38 bits per heavy atom. The third-order valence-electron chi connectivity index (χ3n) is 3.94. The molecule has 1 aliphatic carbocycles.